The van der Waals surface area contributed by atoms with Crippen LogP contribution in [0.3, 0.4) is 0 Å². The molecule has 4 heteroatoms. The molecular weight excluding hydrogens is 262 g/mol. The van der Waals surface area contributed by atoms with E-state index in [0.717, 1.165) is 30.6 Å². The Balaban J connectivity index is 2.09. The number of nitrogens with two attached hydrogens (primary N) is 1. The highest BCUT2D eigenvalue weighted by atomic mass is 16.2. The van der Waals surface area contributed by atoms with Crippen molar-refractivity contribution in [3.05, 3.63) is 29.6 Å². The third-order valence-electron chi connectivity index (χ3n) is 4.67. The lowest BCUT2D eigenvalue weighted by Gasteiger charge is -2.39. The Hall–Kier alpha value is -1.42. The van der Waals surface area contributed by atoms with Crippen LogP contribution in [-0.2, 0) is 11.2 Å². The summed E-state index contributed by atoms with van der Waals surface area (Å²) >= 11 is 0. The van der Waals surface area contributed by atoms with Crippen LogP contribution in [0.25, 0.3) is 0 Å². The fourth-order valence-corrected chi connectivity index (χ4v) is 3.42. The molecule has 4 nitrogen and oxygen atoms in total. The Morgan fingerprint density at radius 2 is 2.19 bits per heavy atom. The van der Waals surface area contributed by atoms with Crippen LogP contribution in [0.2, 0.25) is 0 Å². The van der Waals surface area contributed by atoms with Gasteiger partial charge in [-0.2, -0.15) is 0 Å². The van der Waals surface area contributed by atoms with Crippen LogP contribution < -0.4 is 5.73 Å². The number of carbonyl (C=O) groups is 1. The van der Waals surface area contributed by atoms with E-state index in [2.05, 4.69) is 11.9 Å². The van der Waals surface area contributed by atoms with Crippen molar-refractivity contribution < 1.29 is 4.79 Å². The highest BCUT2D eigenvalue weighted by molar-refractivity contribution is 5.79. The normalized spacial score (nSPS) is 22.0. The first-order valence-electron chi connectivity index (χ1n) is 8.07. The summed E-state index contributed by atoms with van der Waals surface area (Å²) in [4.78, 5) is 19.1. The molecule has 1 fully saturated rings. The molecule has 0 aromatic carbocycles. The summed E-state index contributed by atoms with van der Waals surface area (Å²) < 4.78 is 0. The Labute approximate surface area is 127 Å². The van der Waals surface area contributed by atoms with Crippen molar-refractivity contribution in [1.29, 1.82) is 0 Å². The molecule has 1 aromatic rings. The zero-order chi connectivity index (χ0) is 15.2. The number of rotatable bonds is 5. The average molecular weight is 289 g/mol. The summed E-state index contributed by atoms with van der Waals surface area (Å²) in [6.07, 6.45) is 6.83. The van der Waals surface area contributed by atoms with Gasteiger partial charge in [0, 0.05) is 18.8 Å². The molecule has 1 saturated carbocycles. The van der Waals surface area contributed by atoms with E-state index in [1.54, 1.807) is 6.20 Å². The van der Waals surface area contributed by atoms with Gasteiger partial charge in [0.2, 0.25) is 5.91 Å². The molecule has 0 radical (unpaired) electrons. The summed E-state index contributed by atoms with van der Waals surface area (Å²) in [5.41, 5.74) is 7.89. The van der Waals surface area contributed by atoms with Crippen molar-refractivity contribution in [2.24, 2.45) is 11.7 Å². The second kappa shape index (κ2) is 7.55. The number of carbonyl (C=O) groups excluding carboxylic acids is 1. The van der Waals surface area contributed by atoms with Crippen LogP contribution in [0.4, 0.5) is 0 Å². The zero-order valence-electron chi connectivity index (χ0n) is 13.2. The molecule has 1 aromatic heterocycles. The van der Waals surface area contributed by atoms with Gasteiger partial charge in [0.05, 0.1) is 12.1 Å². The number of pyridine rings is 1. The Bertz CT molecular complexity index is 475. The van der Waals surface area contributed by atoms with E-state index >= 15 is 0 Å². The highest BCUT2D eigenvalue weighted by Gasteiger charge is 2.31. The van der Waals surface area contributed by atoms with Gasteiger partial charge in [0.15, 0.2) is 0 Å². The molecule has 1 aliphatic carbocycles. The number of likely N-dealkylation sites (N-methyl/N-ethyl adjacent to an activating group) is 1. The highest BCUT2D eigenvalue weighted by Crippen LogP contribution is 2.28. The number of aromatic nitrogens is 1. The Morgan fingerprint density at radius 3 is 2.86 bits per heavy atom. The number of hydrogen-bond donors (Lipinski definition) is 1. The molecule has 0 spiro atoms. The Kier molecular flexibility index (Phi) is 5.74. The molecule has 21 heavy (non-hydrogen) atoms. The topological polar surface area (TPSA) is 59.2 Å². The van der Waals surface area contributed by atoms with E-state index < -0.39 is 0 Å². The lowest BCUT2D eigenvalue weighted by Crippen LogP contribution is -2.48. The first-order chi connectivity index (χ1) is 10.2. The maximum atomic E-state index is 12.7. The first-order valence-corrected chi connectivity index (χ1v) is 8.07. The van der Waals surface area contributed by atoms with Crippen LogP contribution in [-0.4, -0.2) is 34.9 Å². The summed E-state index contributed by atoms with van der Waals surface area (Å²) in [6, 6.07) is 4.23. The van der Waals surface area contributed by atoms with Gasteiger partial charge in [-0.3, -0.25) is 9.78 Å². The van der Waals surface area contributed by atoms with E-state index in [-0.39, 0.29) is 5.91 Å². The molecule has 1 amide bonds. The van der Waals surface area contributed by atoms with Crippen LogP contribution in [0, 0.1) is 12.8 Å². The fourth-order valence-electron chi connectivity index (χ4n) is 3.42. The largest absolute Gasteiger partial charge is 0.339 e. The molecule has 2 atom stereocenters. The molecular formula is C17H27N3O. The molecule has 2 N–H and O–H groups in total. The quantitative estimate of drug-likeness (QED) is 0.905. The lowest BCUT2D eigenvalue weighted by molar-refractivity contribution is -0.134. The number of aryl methyl sites for hydroxylation is 1. The van der Waals surface area contributed by atoms with Gasteiger partial charge in [0.1, 0.15) is 0 Å². The van der Waals surface area contributed by atoms with Crippen molar-refractivity contribution in [2.45, 2.75) is 52.0 Å². The molecule has 1 aliphatic rings. The van der Waals surface area contributed by atoms with Gasteiger partial charge < -0.3 is 10.6 Å². The summed E-state index contributed by atoms with van der Waals surface area (Å²) in [5.74, 6) is 0.636. The van der Waals surface area contributed by atoms with Gasteiger partial charge in [-0.05, 0) is 50.8 Å². The van der Waals surface area contributed by atoms with E-state index in [0.29, 0.717) is 24.9 Å². The fraction of sp³-hybridized carbons (Fsp3) is 0.647. The van der Waals surface area contributed by atoms with Crippen molar-refractivity contribution in [3.8, 4) is 0 Å². The third kappa shape index (κ3) is 3.82. The molecule has 0 bridgehead atoms. The van der Waals surface area contributed by atoms with Crippen LogP contribution in [0.15, 0.2) is 18.3 Å². The smallest absolute Gasteiger partial charge is 0.228 e. The monoisotopic (exact) mass is 289 g/mol. The van der Waals surface area contributed by atoms with Gasteiger partial charge >= 0.3 is 0 Å². The van der Waals surface area contributed by atoms with E-state index in [1.165, 1.54) is 12.8 Å². The zero-order valence-corrected chi connectivity index (χ0v) is 13.2. The molecule has 116 valence electrons. The standard InChI is InChI=1S/C17H27N3O/c1-3-20(16-9-5-4-8-14(16)12-18)17(21)11-15-13(2)7-6-10-19-15/h6-7,10,14,16H,3-5,8-9,11-12,18H2,1-2H3. The van der Waals surface area contributed by atoms with Crippen LogP contribution in [0.5, 0.6) is 0 Å². The first kappa shape index (κ1) is 16.0. The number of nitrogens with zero attached hydrogens (tertiary/aromatic N) is 2. The SMILES string of the molecule is CCN(C(=O)Cc1ncccc1C)C1CCCCC1CN. The van der Waals surface area contributed by atoms with Gasteiger partial charge in [-0.1, -0.05) is 18.9 Å². The van der Waals surface area contributed by atoms with E-state index in [1.807, 2.05) is 24.0 Å². The summed E-state index contributed by atoms with van der Waals surface area (Å²) in [6.45, 7) is 5.50. The van der Waals surface area contributed by atoms with E-state index in [9.17, 15) is 4.79 Å². The second-order valence-electron chi connectivity index (χ2n) is 5.97. The van der Waals surface area contributed by atoms with Crippen LogP contribution >= 0.6 is 0 Å². The minimum atomic E-state index is 0.185. The molecule has 2 unspecified atom stereocenters. The number of amides is 1. The van der Waals surface area contributed by atoms with Crippen molar-refractivity contribution in [3.63, 3.8) is 0 Å². The maximum absolute atomic E-state index is 12.7. The van der Waals surface area contributed by atoms with Crippen LogP contribution in [0.1, 0.15) is 43.9 Å². The van der Waals surface area contributed by atoms with Crippen molar-refractivity contribution in [2.75, 3.05) is 13.1 Å². The average Bonchev–Trinajstić information content (AvgIpc) is 2.51. The summed E-state index contributed by atoms with van der Waals surface area (Å²) in [5, 5.41) is 0. The lowest BCUT2D eigenvalue weighted by atomic mass is 9.83. The predicted molar refractivity (Wildman–Crippen MR) is 84.9 cm³/mol. The van der Waals surface area contributed by atoms with Gasteiger partial charge in [0.25, 0.3) is 0 Å². The van der Waals surface area contributed by atoms with Gasteiger partial charge in [-0.25, -0.2) is 0 Å². The molecule has 2 rings (SSSR count). The minimum absolute atomic E-state index is 0.185. The van der Waals surface area contributed by atoms with Gasteiger partial charge in [-0.15, -0.1) is 0 Å². The maximum Gasteiger partial charge on any atom is 0.228 e. The third-order valence-corrected chi connectivity index (χ3v) is 4.67. The predicted octanol–water partition coefficient (Wildman–Crippen LogP) is 2.30. The molecule has 0 saturated heterocycles. The van der Waals surface area contributed by atoms with Crippen molar-refractivity contribution in [1.82, 2.24) is 9.88 Å². The Morgan fingerprint density at radius 1 is 1.43 bits per heavy atom. The molecule has 0 aliphatic heterocycles. The molecule has 1 heterocycles. The number of hydrogen-bond acceptors (Lipinski definition) is 3. The second-order valence-corrected chi connectivity index (χ2v) is 5.97. The van der Waals surface area contributed by atoms with Crippen molar-refractivity contribution >= 4 is 5.91 Å². The summed E-state index contributed by atoms with van der Waals surface area (Å²) in [7, 11) is 0. The van der Waals surface area contributed by atoms with E-state index in [4.69, 9.17) is 5.73 Å². The minimum Gasteiger partial charge on any atom is -0.339 e.